The Bertz CT molecular complexity index is 525. The molecule has 0 N–H and O–H groups in total. The highest BCUT2D eigenvalue weighted by molar-refractivity contribution is 6.33. The maximum atomic E-state index is 12.7. The first-order valence-electron chi connectivity index (χ1n) is 4.57. The van der Waals surface area contributed by atoms with Crippen LogP contribution in [0.4, 0.5) is 4.39 Å². The Balaban J connectivity index is 2.48. The average molecular weight is 236 g/mol. The summed E-state index contributed by atoms with van der Waals surface area (Å²) in [5.74, 6) is -0.315. The Kier molecular flexibility index (Phi) is 2.97. The molecule has 1 aromatic carbocycles. The fraction of sp³-hybridized carbons (Fsp3) is 0. The van der Waals surface area contributed by atoms with Gasteiger partial charge in [-0.25, -0.2) is 4.39 Å². The Morgan fingerprint density at radius 1 is 1.25 bits per heavy atom. The van der Waals surface area contributed by atoms with Gasteiger partial charge in [0.25, 0.3) is 0 Å². The van der Waals surface area contributed by atoms with Crippen molar-refractivity contribution >= 4 is 17.9 Å². The molecule has 0 radical (unpaired) electrons. The van der Waals surface area contributed by atoms with E-state index in [9.17, 15) is 9.18 Å². The lowest BCUT2D eigenvalue weighted by Gasteiger charge is -2.03. The van der Waals surface area contributed by atoms with Crippen LogP contribution in [0.25, 0.3) is 11.3 Å². The molecule has 2 aromatic rings. The van der Waals surface area contributed by atoms with Gasteiger partial charge in [0.2, 0.25) is 0 Å². The first kappa shape index (κ1) is 10.8. The van der Waals surface area contributed by atoms with E-state index in [0.717, 1.165) is 0 Å². The summed E-state index contributed by atoms with van der Waals surface area (Å²) in [6.07, 6.45) is 2.10. The lowest BCUT2D eigenvalue weighted by molar-refractivity contribution is 0.112. The zero-order chi connectivity index (χ0) is 11.5. The number of benzene rings is 1. The number of nitrogens with zero attached hydrogens (tertiary/aromatic N) is 1. The monoisotopic (exact) mass is 235 g/mol. The van der Waals surface area contributed by atoms with E-state index in [1.807, 2.05) is 0 Å². The van der Waals surface area contributed by atoms with Gasteiger partial charge in [-0.3, -0.25) is 9.78 Å². The Labute approximate surface area is 96.7 Å². The van der Waals surface area contributed by atoms with Gasteiger partial charge in [0.05, 0.1) is 10.7 Å². The molecule has 0 aliphatic rings. The molecular formula is C12H7ClFNO. The summed E-state index contributed by atoms with van der Waals surface area (Å²) in [6, 6.07) is 7.37. The topological polar surface area (TPSA) is 30.0 Å². The fourth-order valence-electron chi connectivity index (χ4n) is 1.34. The molecule has 0 saturated carbocycles. The van der Waals surface area contributed by atoms with Crippen LogP contribution >= 0.6 is 11.6 Å². The van der Waals surface area contributed by atoms with E-state index in [-0.39, 0.29) is 5.82 Å². The molecule has 0 amide bonds. The number of hydrogen-bond acceptors (Lipinski definition) is 2. The highest BCUT2D eigenvalue weighted by atomic mass is 35.5. The highest BCUT2D eigenvalue weighted by Gasteiger charge is 2.06. The van der Waals surface area contributed by atoms with Gasteiger partial charge in [0.15, 0.2) is 6.29 Å². The van der Waals surface area contributed by atoms with E-state index in [4.69, 9.17) is 11.6 Å². The van der Waals surface area contributed by atoms with Crippen molar-refractivity contribution in [1.29, 1.82) is 0 Å². The first-order valence-corrected chi connectivity index (χ1v) is 4.95. The van der Waals surface area contributed by atoms with E-state index in [0.29, 0.717) is 28.1 Å². The molecule has 2 rings (SSSR count). The molecule has 0 spiro atoms. The minimum Gasteiger partial charge on any atom is -0.298 e. The molecule has 0 fully saturated rings. The third-order valence-corrected chi connectivity index (χ3v) is 2.40. The minimum atomic E-state index is -0.315. The van der Waals surface area contributed by atoms with Crippen molar-refractivity contribution in [1.82, 2.24) is 4.98 Å². The molecule has 0 bridgehead atoms. The van der Waals surface area contributed by atoms with E-state index in [1.54, 1.807) is 12.1 Å². The standard InChI is InChI=1S/C12H7ClFNO/c13-11-5-8(7-16)6-15-12(11)9-1-3-10(14)4-2-9/h1-7H. The number of carbonyl (C=O) groups is 1. The molecular weight excluding hydrogens is 229 g/mol. The summed E-state index contributed by atoms with van der Waals surface area (Å²) in [4.78, 5) is 14.6. The maximum Gasteiger partial charge on any atom is 0.151 e. The smallest absolute Gasteiger partial charge is 0.151 e. The van der Waals surface area contributed by atoms with Gasteiger partial charge in [-0.15, -0.1) is 0 Å². The van der Waals surface area contributed by atoms with E-state index >= 15 is 0 Å². The number of aromatic nitrogens is 1. The van der Waals surface area contributed by atoms with Crippen LogP contribution < -0.4 is 0 Å². The molecule has 16 heavy (non-hydrogen) atoms. The molecule has 1 heterocycles. The molecule has 2 nitrogen and oxygen atoms in total. The summed E-state index contributed by atoms with van der Waals surface area (Å²) in [7, 11) is 0. The van der Waals surface area contributed by atoms with Gasteiger partial charge in [0, 0.05) is 17.3 Å². The average Bonchev–Trinajstić information content (AvgIpc) is 2.30. The minimum absolute atomic E-state index is 0.315. The zero-order valence-electron chi connectivity index (χ0n) is 8.15. The first-order chi connectivity index (χ1) is 7.70. The summed E-state index contributed by atoms with van der Waals surface area (Å²) in [5, 5.41) is 0.371. The van der Waals surface area contributed by atoms with Crippen molar-refractivity contribution < 1.29 is 9.18 Å². The van der Waals surface area contributed by atoms with Crippen molar-refractivity contribution in [2.75, 3.05) is 0 Å². The van der Waals surface area contributed by atoms with Crippen LogP contribution in [-0.4, -0.2) is 11.3 Å². The second-order valence-electron chi connectivity index (χ2n) is 3.22. The van der Waals surface area contributed by atoms with Gasteiger partial charge >= 0.3 is 0 Å². The van der Waals surface area contributed by atoms with Gasteiger partial charge in [-0.2, -0.15) is 0 Å². The molecule has 0 aliphatic carbocycles. The zero-order valence-corrected chi connectivity index (χ0v) is 8.91. The summed E-state index contributed by atoms with van der Waals surface area (Å²) in [6.45, 7) is 0. The molecule has 1 aromatic heterocycles. The van der Waals surface area contributed by atoms with Crippen LogP contribution in [0.5, 0.6) is 0 Å². The van der Waals surface area contributed by atoms with Crippen molar-refractivity contribution in [3.05, 3.63) is 52.9 Å². The van der Waals surface area contributed by atoms with Gasteiger partial charge in [-0.1, -0.05) is 11.6 Å². The lowest BCUT2D eigenvalue weighted by Crippen LogP contribution is -1.89. The van der Waals surface area contributed by atoms with Crippen molar-refractivity contribution in [3.63, 3.8) is 0 Å². The Morgan fingerprint density at radius 2 is 1.94 bits per heavy atom. The van der Waals surface area contributed by atoms with E-state index < -0.39 is 0 Å². The van der Waals surface area contributed by atoms with Crippen LogP contribution in [0.15, 0.2) is 36.5 Å². The summed E-state index contributed by atoms with van der Waals surface area (Å²) in [5.41, 5.74) is 1.66. The number of aldehydes is 1. The lowest BCUT2D eigenvalue weighted by atomic mass is 10.1. The number of halogens is 2. The second kappa shape index (κ2) is 4.41. The van der Waals surface area contributed by atoms with Crippen molar-refractivity contribution in [2.24, 2.45) is 0 Å². The highest BCUT2D eigenvalue weighted by Crippen LogP contribution is 2.25. The number of carbonyl (C=O) groups excluding carboxylic acids is 1. The van der Waals surface area contributed by atoms with Crippen LogP contribution in [-0.2, 0) is 0 Å². The van der Waals surface area contributed by atoms with Gasteiger partial charge in [-0.05, 0) is 30.3 Å². The number of rotatable bonds is 2. The van der Waals surface area contributed by atoms with Crippen LogP contribution in [0.2, 0.25) is 5.02 Å². The molecule has 80 valence electrons. The molecule has 4 heteroatoms. The van der Waals surface area contributed by atoms with Crippen molar-refractivity contribution in [3.8, 4) is 11.3 Å². The number of hydrogen-bond donors (Lipinski definition) is 0. The molecule has 0 aliphatic heterocycles. The second-order valence-corrected chi connectivity index (χ2v) is 3.63. The van der Waals surface area contributed by atoms with Crippen molar-refractivity contribution in [2.45, 2.75) is 0 Å². The predicted octanol–water partition coefficient (Wildman–Crippen LogP) is 3.35. The third-order valence-electron chi connectivity index (χ3n) is 2.12. The maximum absolute atomic E-state index is 12.7. The fourth-order valence-corrected chi connectivity index (χ4v) is 1.62. The van der Waals surface area contributed by atoms with Crippen LogP contribution in [0, 0.1) is 5.82 Å². The number of pyridine rings is 1. The largest absolute Gasteiger partial charge is 0.298 e. The summed E-state index contributed by atoms with van der Waals surface area (Å²) >= 11 is 5.97. The Morgan fingerprint density at radius 3 is 2.50 bits per heavy atom. The SMILES string of the molecule is O=Cc1cnc(-c2ccc(F)cc2)c(Cl)c1. The van der Waals surface area contributed by atoms with Crippen LogP contribution in [0.3, 0.4) is 0 Å². The van der Waals surface area contributed by atoms with E-state index in [2.05, 4.69) is 4.98 Å². The third kappa shape index (κ3) is 2.09. The normalized spacial score (nSPS) is 10.1. The van der Waals surface area contributed by atoms with E-state index in [1.165, 1.54) is 24.4 Å². The quantitative estimate of drug-likeness (QED) is 0.747. The Hall–Kier alpha value is -1.74. The van der Waals surface area contributed by atoms with Gasteiger partial charge < -0.3 is 0 Å². The predicted molar refractivity (Wildman–Crippen MR) is 60.0 cm³/mol. The molecule has 0 unspecified atom stereocenters. The summed E-state index contributed by atoms with van der Waals surface area (Å²) < 4.78 is 12.7. The van der Waals surface area contributed by atoms with Crippen LogP contribution in [0.1, 0.15) is 10.4 Å². The molecule has 0 atom stereocenters. The van der Waals surface area contributed by atoms with Gasteiger partial charge in [0.1, 0.15) is 5.82 Å². The molecule has 0 saturated heterocycles.